The molecule has 1 amide bonds. The van der Waals surface area contributed by atoms with E-state index < -0.39 is 29.0 Å². The summed E-state index contributed by atoms with van der Waals surface area (Å²) in [5, 5.41) is 21.1. The van der Waals surface area contributed by atoms with Gasteiger partial charge < -0.3 is 15.2 Å². The molecule has 1 N–H and O–H groups in total. The zero-order valence-electron chi connectivity index (χ0n) is 10.7. The van der Waals surface area contributed by atoms with Crippen molar-refractivity contribution in [1.29, 1.82) is 5.26 Å². The zero-order valence-corrected chi connectivity index (χ0v) is 12.7. The van der Waals surface area contributed by atoms with Crippen LogP contribution in [-0.4, -0.2) is 11.0 Å². The first-order valence-corrected chi connectivity index (χ1v) is 4.99. The average Bonchev–Trinajstić information content (AvgIpc) is 2.28. The van der Waals surface area contributed by atoms with Crippen LogP contribution in [0.2, 0.25) is 0 Å². The van der Waals surface area contributed by atoms with E-state index in [0.717, 1.165) is 31.2 Å². The molecular formula is C12H8F3N2NaO2. The van der Waals surface area contributed by atoms with E-state index in [0.29, 0.717) is 0 Å². The fraction of sp³-hybridized carbons (Fsp3) is 0.167. The van der Waals surface area contributed by atoms with E-state index in [1.807, 2.05) is 0 Å². The van der Waals surface area contributed by atoms with Gasteiger partial charge in [0.1, 0.15) is 17.4 Å². The van der Waals surface area contributed by atoms with Gasteiger partial charge in [-0.15, -0.1) is 5.69 Å². The van der Waals surface area contributed by atoms with Crippen LogP contribution in [0.15, 0.2) is 35.6 Å². The number of nitriles is 1. The number of alkyl halides is 3. The molecule has 8 heteroatoms. The number of carbonyl (C=O) groups is 1. The Morgan fingerprint density at radius 2 is 1.80 bits per heavy atom. The van der Waals surface area contributed by atoms with Crippen molar-refractivity contribution in [3.05, 3.63) is 46.5 Å². The molecule has 0 bridgehead atoms. The molecule has 0 aliphatic rings. The summed E-state index contributed by atoms with van der Waals surface area (Å²) in [6, 6.07) is 5.01. The maximum absolute atomic E-state index is 12.3. The minimum absolute atomic E-state index is 0. The Bertz CT molecular complexity index is 556. The molecule has 100 valence electrons. The van der Waals surface area contributed by atoms with Gasteiger partial charge in [-0.05, 0) is 6.92 Å². The second-order valence-electron chi connectivity index (χ2n) is 3.53. The number of halogens is 3. The first kappa shape index (κ1) is 18.5. The third-order valence-electron chi connectivity index (χ3n) is 2.11. The van der Waals surface area contributed by atoms with Crippen LogP contribution in [0, 0.1) is 11.3 Å². The fourth-order valence-corrected chi connectivity index (χ4v) is 1.18. The predicted molar refractivity (Wildman–Crippen MR) is 60.4 cm³/mol. The van der Waals surface area contributed by atoms with E-state index in [1.54, 1.807) is 0 Å². The molecule has 0 aliphatic heterocycles. The maximum Gasteiger partial charge on any atom is 1.00 e. The van der Waals surface area contributed by atoms with Gasteiger partial charge in [-0.1, -0.05) is 24.3 Å². The third-order valence-corrected chi connectivity index (χ3v) is 2.11. The van der Waals surface area contributed by atoms with Gasteiger partial charge in [0.25, 0.3) is 0 Å². The number of rotatable bonds is 2. The Balaban J connectivity index is 0.00000361. The van der Waals surface area contributed by atoms with Crippen LogP contribution in [0.1, 0.15) is 12.5 Å². The first-order valence-electron chi connectivity index (χ1n) is 4.99. The maximum atomic E-state index is 12.3. The van der Waals surface area contributed by atoms with Crippen LogP contribution in [0.25, 0.3) is 5.32 Å². The molecular weight excluding hydrogens is 284 g/mol. The summed E-state index contributed by atoms with van der Waals surface area (Å²) in [7, 11) is 0. The van der Waals surface area contributed by atoms with E-state index in [9.17, 15) is 18.0 Å². The average molecular weight is 292 g/mol. The van der Waals surface area contributed by atoms with Gasteiger partial charge in [0.05, 0.1) is 11.5 Å². The summed E-state index contributed by atoms with van der Waals surface area (Å²) in [6.45, 7) is 1.14. The van der Waals surface area contributed by atoms with Gasteiger partial charge in [-0.2, -0.15) is 18.4 Å². The number of nitrogens with zero attached hydrogens (tertiary/aromatic N) is 2. The smallest absolute Gasteiger partial charge is 0.622 e. The third kappa shape index (κ3) is 4.89. The van der Waals surface area contributed by atoms with Gasteiger partial charge in [-0.25, -0.2) is 0 Å². The van der Waals surface area contributed by atoms with Crippen molar-refractivity contribution in [1.82, 2.24) is 0 Å². The summed E-state index contributed by atoms with van der Waals surface area (Å²) in [5.74, 6) is -1.51. The molecule has 0 atom stereocenters. The number of hydrogen-bond acceptors (Lipinski definition) is 3. The standard InChI is InChI=1S/C12H9F3N2O2.Na/c1-7(18)10(6-16)11(19)17-9-4-2-8(3-5-9)12(13,14)15;/h2-5H,1H3,(H2,17,18,19);/q;+1/p-1. The Morgan fingerprint density at radius 1 is 1.30 bits per heavy atom. The van der Waals surface area contributed by atoms with Crippen LogP contribution >= 0.6 is 0 Å². The van der Waals surface area contributed by atoms with Gasteiger partial charge in [0.2, 0.25) is 0 Å². The van der Waals surface area contributed by atoms with Crippen LogP contribution in [0.4, 0.5) is 18.9 Å². The van der Waals surface area contributed by atoms with Gasteiger partial charge in [-0.3, -0.25) is 0 Å². The number of amides is 1. The molecule has 0 aromatic heterocycles. The van der Waals surface area contributed by atoms with Gasteiger partial charge in [0.15, 0.2) is 0 Å². The summed E-state index contributed by atoms with van der Waals surface area (Å²) >= 11 is 0. The molecule has 0 unspecified atom stereocenters. The summed E-state index contributed by atoms with van der Waals surface area (Å²) in [6.07, 6.45) is -4.47. The SMILES string of the molecule is C/C(O)=C(\C#N)C(=O)[N-]c1ccc(C(F)(F)F)cc1.[Na+]. The monoisotopic (exact) mass is 292 g/mol. The van der Waals surface area contributed by atoms with Crippen molar-refractivity contribution < 1.29 is 52.6 Å². The molecule has 4 nitrogen and oxygen atoms in total. The molecule has 0 heterocycles. The summed E-state index contributed by atoms with van der Waals surface area (Å²) < 4.78 is 36.9. The molecule has 0 radical (unpaired) electrons. The second-order valence-corrected chi connectivity index (χ2v) is 3.53. The fourth-order valence-electron chi connectivity index (χ4n) is 1.18. The number of hydrogen-bond donors (Lipinski definition) is 1. The minimum atomic E-state index is -4.47. The quantitative estimate of drug-likeness (QED) is 0.375. The molecule has 20 heavy (non-hydrogen) atoms. The van der Waals surface area contributed by atoms with Crippen LogP contribution < -0.4 is 29.6 Å². The first-order chi connectivity index (χ1) is 8.75. The number of carbonyl (C=O) groups excluding carboxylic acids is 1. The molecule has 1 aromatic rings. The topological polar surface area (TPSA) is 75.2 Å². The Morgan fingerprint density at radius 3 is 2.15 bits per heavy atom. The molecule has 0 fully saturated rings. The van der Waals surface area contributed by atoms with E-state index in [4.69, 9.17) is 10.4 Å². The largest absolute Gasteiger partial charge is 1.00 e. The van der Waals surface area contributed by atoms with Crippen molar-refractivity contribution in [2.24, 2.45) is 0 Å². The molecule has 1 aromatic carbocycles. The minimum Gasteiger partial charge on any atom is -0.622 e. The molecule has 0 aliphatic carbocycles. The number of aliphatic hydroxyl groups is 1. The Kier molecular flexibility index (Phi) is 6.79. The normalized spacial score (nSPS) is 11.8. The second kappa shape index (κ2) is 7.33. The number of aliphatic hydroxyl groups excluding tert-OH is 1. The van der Waals surface area contributed by atoms with Crippen molar-refractivity contribution in [3.63, 3.8) is 0 Å². The van der Waals surface area contributed by atoms with Gasteiger partial charge in [0, 0.05) is 0 Å². The molecule has 0 saturated heterocycles. The Labute approximate surface area is 135 Å². The molecule has 0 saturated carbocycles. The number of benzene rings is 1. The van der Waals surface area contributed by atoms with Crippen LogP contribution in [0.5, 0.6) is 0 Å². The van der Waals surface area contributed by atoms with Crippen molar-refractivity contribution in [2.75, 3.05) is 0 Å². The molecule has 1 rings (SSSR count). The summed E-state index contributed by atoms with van der Waals surface area (Å²) in [5.41, 5.74) is -1.46. The molecule has 0 spiro atoms. The van der Waals surface area contributed by atoms with Crippen molar-refractivity contribution in [3.8, 4) is 6.07 Å². The van der Waals surface area contributed by atoms with E-state index in [-0.39, 0.29) is 35.2 Å². The van der Waals surface area contributed by atoms with E-state index in [2.05, 4.69) is 5.32 Å². The Hall–Kier alpha value is -1.49. The number of allylic oxidation sites excluding steroid dienone is 1. The van der Waals surface area contributed by atoms with E-state index >= 15 is 0 Å². The van der Waals surface area contributed by atoms with Crippen LogP contribution in [-0.2, 0) is 11.0 Å². The van der Waals surface area contributed by atoms with Crippen molar-refractivity contribution in [2.45, 2.75) is 13.1 Å². The van der Waals surface area contributed by atoms with Crippen LogP contribution in [0.3, 0.4) is 0 Å². The van der Waals surface area contributed by atoms with Crippen molar-refractivity contribution >= 4 is 11.6 Å². The summed E-state index contributed by atoms with van der Waals surface area (Å²) in [4.78, 5) is 11.4. The van der Waals surface area contributed by atoms with E-state index in [1.165, 1.54) is 6.07 Å². The zero-order chi connectivity index (χ0) is 14.6. The predicted octanol–water partition coefficient (Wildman–Crippen LogP) is 0.597. The van der Waals surface area contributed by atoms with Gasteiger partial charge >= 0.3 is 35.7 Å².